The van der Waals surface area contributed by atoms with Crippen molar-refractivity contribution in [3.63, 3.8) is 0 Å². The van der Waals surface area contributed by atoms with Crippen LogP contribution in [-0.2, 0) is 19.1 Å². The van der Waals surface area contributed by atoms with Gasteiger partial charge in [-0.1, -0.05) is 179 Å². The van der Waals surface area contributed by atoms with Gasteiger partial charge in [-0.15, -0.1) is 0 Å². The number of hydrogen-bond acceptors (Lipinski definition) is 6. The van der Waals surface area contributed by atoms with Crippen molar-refractivity contribution < 1.29 is 29.3 Å². The van der Waals surface area contributed by atoms with Gasteiger partial charge in [0.05, 0.1) is 12.7 Å². The highest BCUT2D eigenvalue weighted by Crippen LogP contribution is 2.15. The number of aliphatic hydroxyl groups is 2. The molecule has 0 saturated heterocycles. The Balaban J connectivity index is 3.70. The first-order chi connectivity index (χ1) is 24.4. The minimum Gasteiger partial charge on any atom is -0.462 e. The predicted octanol–water partition coefficient (Wildman–Crippen LogP) is 11.8. The molecule has 0 aromatic rings. The minimum atomic E-state index is -0.832. The fraction of sp³-hybridized carbons (Fsp3) is 0.773. The van der Waals surface area contributed by atoms with Crippen molar-refractivity contribution >= 4 is 11.9 Å². The topological polar surface area (TPSA) is 93.1 Å². The van der Waals surface area contributed by atoms with E-state index in [9.17, 15) is 19.8 Å². The molecule has 0 bridgehead atoms. The van der Waals surface area contributed by atoms with Gasteiger partial charge in [-0.25, -0.2) is 0 Å². The van der Waals surface area contributed by atoms with Gasteiger partial charge in [0.1, 0.15) is 6.61 Å². The van der Waals surface area contributed by atoms with Gasteiger partial charge in [-0.2, -0.15) is 0 Å². The fourth-order valence-electron chi connectivity index (χ4n) is 5.69. The van der Waals surface area contributed by atoms with Crippen LogP contribution < -0.4 is 0 Å². The molecule has 0 radical (unpaired) electrons. The average molecular weight is 703 g/mol. The van der Waals surface area contributed by atoms with E-state index in [-0.39, 0.29) is 25.6 Å². The normalized spacial score (nSPS) is 13.4. The van der Waals surface area contributed by atoms with Gasteiger partial charge >= 0.3 is 11.9 Å². The average Bonchev–Trinajstić information content (AvgIpc) is 3.10. The molecule has 0 aromatic carbocycles. The molecular formula is C44H78O6. The Morgan fingerprint density at radius 3 is 1.78 bits per heavy atom. The van der Waals surface area contributed by atoms with Gasteiger partial charge in [0, 0.05) is 12.8 Å². The minimum absolute atomic E-state index is 0.114. The number of esters is 2. The summed E-state index contributed by atoms with van der Waals surface area (Å²) in [6, 6.07) is 0. The lowest BCUT2D eigenvalue weighted by atomic mass is 10.0. The molecular weight excluding hydrogens is 624 g/mol. The standard InChI is InChI=1S/C44H78O6/c1-4-5-6-7-8-16-20-24-29-34-41(46)35-30-25-22-27-32-37-44(48)50-42(38-45)39-49-43(47)36-31-26-21-18-15-13-11-9-10-12-14-17-19-23-28-33-40(2)3/h8,16,22,24-25,29-30,35,40-42,45-46H,4-7,9-15,17-21,23,26-28,31-34,36-39H2,1-3H3/b16-8-,25-22+,29-24-,35-30-/t41?,42-/m0/s1. The number of rotatable bonds is 36. The third kappa shape index (κ3) is 37.1. The molecule has 6 heteroatoms. The quantitative estimate of drug-likeness (QED) is 0.0292. The molecule has 2 N–H and O–H groups in total. The van der Waals surface area contributed by atoms with Gasteiger partial charge in [0.2, 0.25) is 0 Å². The first kappa shape index (κ1) is 47.8. The Morgan fingerprint density at radius 1 is 0.620 bits per heavy atom. The molecule has 2 atom stereocenters. The summed E-state index contributed by atoms with van der Waals surface area (Å²) in [7, 11) is 0. The maximum atomic E-state index is 12.2. The number of hydrogen-bond donors (Lipinski definition) is 2. The van der Waals surface area contributed by atoms with Crippen LogP contribution in [0.15, 0.2) is 48.6 Å². The van der Waals surface area contributed by atoms with Crippen molar-refractivity contribution in [1.82, 2.24) is 0 Å². The van der Waals surface area contributed by atoms with Crippen LogP contribution in [-0.4, -0.2) is 47.6 Å². The second kappa shape index (κ2) is 38.1. The number of ether oxygens (including phenoxy) is 2. The van der Waals surface area contributed by atoms with Crippen LogP contribution in [0.2, 0.25) is 0 Å². The SMILES string of the molecule is CCCCC/C=C\C/C=C\CC(O)/C=C\C=C\CCCC(=O)O[C@@H](CO)COC(=O)CCCCCCCCCCCCCCCCCC(C)C. The van der Waals surface area contributed by atoms with Crippen LogP contribution in [0.4, 0.5) is 0 Å². The van der Waals surface area contributed by atoms with Crippen LogP contribution >= 0.6 is 0 Å². The molecule has 0 aromatic heterocycles. The highest BCUT2D eigenvalue weighted by atomic mass is 16.6. The molecule has 0 fully saturated rings. The zero-order valence-electron chi connectivity index (χ0n) is 32.7. The summed E-state index contributed by atoms with van der Waals surface area (Å²) >= 11 is 0. The van der Waals surface area contributed by atoms with E-state index in [2.05, 4.69) is 39.0 Å². The van der Waals surface area contributed by atoms with Gasteiger partial charge < -0.3 is 19.7 Å². The van der Waals surface area contributed by atoms with E-state index < -0.39 is 18.2 Å². The van der Waals surface area contributed by atoms with E-state index in [1.54, 1.807) is 6.08 Å². The second-order valence-electron chi connectivity index (χ2n) is 14.4. The maximum Gasteiger partial charge on any atom is 0.306 e. The summed E-state index contributed by atoms with van der Waals surface area (Å²) in [4.78, 5) is 24.3. The van der Waals surface area contributed by atoms with Crippen molar-refractivity contribution in [3.8, 4) is 0 Å². The maximum absolute atomic E-state index is 12.2. The lowest BCUT2D eigenvalue weighted by Gasteiger charge is -2.15. The molecule has 290 valence electrons. The molecule has 0 spiro atoms. The highest BCUT2D eigenvalue weighted by Gasteiger charge is 2.16. The third-order valence-electron chi connectivity index (χ3n) is 8.88. The van der Waals surface area contributed by atoms with Crippen molar-refractivity contribution in [1.29, 1.82) is 0 Å². The van der Waals surface area contributed by atoms with Crippen LogP contribution in [0.25, 0.3) is 0 Å². The Hall–Kier alpha value is -2.18. The van der Waals surface area contributed by atoms with Crippen LogP contribution in [0.3, 0.4) is 0 Å². The zero-order valence-corrected chi connectivity index (χ0v) is 32.7. The molecule has 0 amide bonds. The monoisotopic (exact) mass is 703 g/mol. The van der Waals surface area contributed by atoms with Crippen molar-refractivity contribution in [2.45, 2.75) is 200 Å². The molecule has 0 aliphatic carbocycles. The third-order valence-corrected chi connectivity index (χ3v) is 8.88. The van der Waals surface area contributed by atoms with Crippen molar-refractivity contribution in [2.24, 2.45) is 5.92 Å². The highest BCUT2D eigenvalue weighted by molar-refractivity contribution is 5.70. The Kier molecular flexibility index (Phi) is 36.4. The van der Waals surface area contributed by atoms with Gasteiger partial charge in [-0.3, -0.25) is 9.59 Å². The molecule has 0 heterocycles. The van der Waals surface area contributed by atoms with Crippen molar-refractivity contribution in [2.75, 3.05) is 13.2 Å². The van der Waals surface area contributed by atoms with Gasteiger partial charge in [0.25, 0.3) is 0 Å². The first-order valence-corrected chi connectivity index (χ1v) is 20.7. The Bertz CT molecular complexity index is 874. The van der Waals surface area contributed by atoms with E-state index >= 15 is 0 Å². The van der Waals surface area contributed by atoms with E-state index in [1.807, 2.05) is 24.3 Å². The molecule has 50 heavy (non-hydrogen) atoms. The Morgan fingerprint density at radius 2 is 1.18 bits per heavy atom. The second-order valence-corrected chi connectivity index (χ2v) is 14.4. The lowest BCUT2D eigenvalue weighted by molar-refractivity contribution is -0.161. The largest absolute Gasteiger partial charge is 0.462 e. The number of carbonyl (C=O) groups excluding carboxylic acids is 2. The van der Waals surface area contributed by atoms with E-state index in [1.165, 1.54) is 103 Å². The molecule has 0 aliphatic rings. The number of carbonyl (C=O) groups is 2. The van der Waals surface area contributed by atoms with Crippen LogP contribution in [0.1, 0.15) is 188 Å². The summed E-state index contributed by atoms with van der Waals surface area (Å²) in [5.41, 5.74) is 0. The van der Waals surface area contributed by atoms with Crippen LogP contribution in [0.5, 0.6) is 0 Å². The van der Waals surface area contributed by atoms with Gasteiger partial charge in [-0.05, 0) is 50.9 Å². The number of allylic oxidation sites excluding steroid dienone is 6. The summed E-state index contributed by atoms with van der Waals surface area (Å²) in [6.07, 6.45) is 43.4. The van der Waals surface area contributed by atoms with Crippen LogP contribution in [0, 0.1) is 5.92 Å². The summed E-state index contributed by atoms with van der Waals surface area (Å²) in [5, 5.41) is 19.6. The molecule has 1 unspecified atom stereocenters. The van der Waals surface area contributed by atoms with E-state index in [0.29, 0.717) is 25.7 Å². The molecule has 0 rings (SSSR count). The molecule has 6 nitrogen and oxygen atoms in total. The smallest absolute Gasteiger partial charge is 0.306 e. The molecule has 0 saturated carbocycles. The fourth-order valence-corrected chi connectivity index (χ4v) is 5.69. The summed E-state index contributed by atoms with van der Waals surface area (Å²) < 4.78 is 10.5. The predicted molar refractivity (Wildman–Crippen MR) is 211 cm³/mol. The zero-order chi connectivity index (χ0) is 36.8. The summed E-state index contributed by atoms with van der Waals surface area (Å²) in [6.45, 7) is 6.34. The van der Waals surface area contributed by atoms with Crippen molar-refractivity contribution in [3.05, 3.63) is 48.6 Å². The van der Waals surface area contributed by atoms with E-state index in [0.717, 1.165) is 38.0 Å². The lowest BCUT2D eigenvalue weighted by Crippen LogP contribution is -2.28. The first-order valence-electron chi connectivity index (χ1n) is 20.7. The molecule has 0 aliphatic heterocycles. The van der Waals surface area contributed by atoms with Gasteiger partial charge in [0.15, 0.2) is 6.10 Å². The Labute approximate surface area is 308 Å². The summed E-state index contributed by atoms with van der Waals surface area (Å²) in [5.74, 6) is 0.129. The number of unbranched alkanes of at least 4 members (excludes halogenated alkanes) is 18. The van der Waals surface area contributed by atoms with E-state index in [4.69, 9.17) is 9.47 Å². The number of aliphatic hydroxyl groups excluding tert-OH is 2.